The van der Waals surface area contributed by atoms with Crippen molar-refractivity contribution >= 4 is 44.2 Å². The molecule has 0 saturated carbocycles. The molecule has 2 heterocycles. The number of hydrazone groups is 1. The number of hydrogen-bond donors (Lipinski definition) is 2. The van der Waals surface area contributed by atoms with E-state index in [1.54, 1.807) is 12.4 Å². The molecule has 0 bridgehead atoms. The zero-order valence-electron chi connectivity index (χ0n) is 12.1. The van der Waals surface area contributed by atoms with Crippen LogP contribution < -0.4 is 5.43 Å². The number of nitrogens with one attached hydrogen (secondary N) is 1. The predicted octanol–water partition coefficient (Wildman–Crippen LogP) is 4.60. The van der Waals surface area contributed by atoms with Gasteiger partial charge in [-0.25, -0.2) is 0 Å². The minimum atomic E-state index is 0.271. The van der Waals surface area contributed by atoms with E-state index in [0.717, 1.165) is 31.6 Å². The maximum atomic E-state index is 10.2. The van der Waals surface area contributed by atoms with Crippen molar-refractivity contribution in [1.82, 2.24) is 4.98 Å². The van der Waals surface area contributed by atoms with Crippen molar-refractivity contribution < 1.29 is 5.11 Å². The van der Waals surface area contributed by atoms with Crippen molar-refractivity contribution in [3.05, 3.63) is 65.7 Å². The highest BCUT2D eigenvalue weighted by Crippen LogP contribution is 2.35. The van der Waals surface area contributed by atoms with Crippen molar-refractivity contribution in [2.45, 2.75) is 0 Å². The fourth-order valence-electron chi connectivity index (χ4n) is 2.49. The van der Waals surface area contributed by atoms with Gasteiger partial charge in [-0.1, -0.05) is 30.3 Å². The molecule has 4 aromatic rings. The fraction of sp³-hybridized carbons (Fsp3) is 0. The third-order valence-electron chi connectivity index (χ3n) is 3.60. The van der Waals surface area contributed by atoms with Crippen LogP contribution in [0.4, 0.5) is 5.69 Å². The van der Waals surface area contributed by atoms with E-state index in [4.69, 9.17) is 0 Å². The van der Waals surface area contributed by atoms with Gasteiger partial charge < -0.3 is 5.11 Å². The molecule has 0 atom stereocenters. The Morgan fingerprint density at radius 3 is 2.83 bits per heavy atom. The van der Waals surface area contributed by atoms with Crippen molar-refractivity contribution in [1.29, 1.82) is 0 Å². The molecule has 0 amide bonds. The lowest BCUT2D eigenvalue weighted by atomic mass is 10.2. The van der Waals surface area contributed by atoms with Gasteiger partial charge in [0.25, 0.3) is 0 Å². The largest absolute Gasteiger partial charge is 0.506 e. The normalized spacial score (nSPS) is 11.5. The fourth-order valence-corrected chi connectivity index (χ4v) is 3.46. The Morgan fingerprint density at radius 1 is 1.04 bits per heavy atom. The van der Waals surface area contributed by atoms with Crippen LogP contribution in [-0.2, 0) is 0 Å². The molecule has 4 rings (SSSR count). The van der Waals surface area contributed by atoms with Crippen LogP contribution in [0.15, 0.2) is 65.9 Å². The van der Waals surface area contributed by atoms with Gasteiger partial charge in [-0.2, -0.15) is 5.10 Å². The Kier molecular flexibility index (Phi) is 3.40. The van der Waals surface area contributed by atoms with Crippen LogP contribution in [0.1, 0.15) is 4.88 Å². The second-order valence-corrected chi connectivity index (χ2v) is 6.15. The monoisotopic (exact) mass is 319 g/mol. The number of fused-ring (bicyclic) bond motifs is 2. The van der Waals surface area contributed by atoms with E-state index in [1.165, 1.54) is 11.3 Å². The molecule has 0 aliphatic heterocycles. The standard InChI is InChI=1S/C18H13N3OS/c22-18-13-7-1-2-9-15(13)23-16(18)11-20-21-14-8-3-5-12-6-4-10-19-17(12)14/h1-11,21-22H/b20-11+. The van der Waals surface area contributed by atoms with Crippen LogP contribution in [0, 0.1) is 0 Å². The third kappa shape index (κ3) is 2.51. The van der Waals surface area contributed by atoms with E-state index in [-0.39, 0.29) is 5.75 Å². The lowest BCUT2D eigenvalue weighted by Gasteiger charge is -2.03. The molecule has 2 aromatic carbocycles. The number of anilines is 1. The van der Waals surface area contributed by atoms with Crippen LogP contribution in [0.2, 0.25) is 0 Å². The molecule has 5 heteroatoms. The van der Waals surface area contributed by atoms with E-state index in [1.807, 2.05) is 54.6 Å². The zero-order valence-corrected chi connectivity index (χ0v) is 12.9. The summed E-state index contributed by atoms with van der Waals surface area (Å²) >= 11 is 1.51. The molecule has 23 heavy (non-hydrogen) atoms. The Balaban J connectivity index is 1.64. The molecular weight excluding hydrogens is 306 g/mol. The van der Waals surface area contributed by atoms with E-state index < -0.39 is 0 Å². The van der Waals surface area contributed by atoms with Gasteiger partial charge in [-0.15, -0.1) is 11.3 Å². The van der Waals surface area contributed by atoms with Gasteiger partial charge in [0.15, 0.2) is 0 Å². The van der Waals surface area contributed by atoms with E-state index in [9.17, 15) is 5.11 Å². The molecule has 0 fully saturated rings. The Labute approximate surface area is 136 Å². The van der Waals surface area contributed by atoms with Gasteiger partial charge in [-0.3, -0.25) is 10.4 Å². The van der Waals surface area contributed by atoms with Crippen LogP contribution in [0.3, 0.4) is 0 Å². The van der Waals surface area contributed by atoms with Crippen LogP contribution in [0.25, 0.3) is 21.0 Å². The number of thiophene rings is 1. The second-order valence-electron chi connectivity index (χ2n) is 5.06. The average molecular weight is 319 g/mol. The second kappa shape index (κ2) is 5.70. The number of rotatable bonds is 3. The summed E-state index contributed by atoms with van der Waals surface area (Å²) in [6, 6.07) is 17.6. The number of hydrogen-bond acceptors (Lipinski definition) is 5. The average Bonchev–Trinajstić information content (AvgIpc) is 2.92. The minimum Gasteiger partial charge on any atom is -0.506 e. The molecule has 4 nitrogen and oxygen atoms in total. The molecule has 0 aliphatic rings. The topological polar surface area (TPSA) is 57.5 Å². The summed E-state index contributed by atoms with van der Waals surface area (Å²) in [7, 11) is 0. The number of benzene rings is 2. The molecule has 0 spiro atoms. The number of pyridine rings is 1. The molecule has 0 aliphatic carbocycles. The summed E-state index contributed by atoms with van der Waals surface area (Å²) in [4.78, 5) is 5.10. The zero-order chi connectivity index (χ0) is 15.6. The van der Waals surface area contributed by atoms with Gasteiger partial charge in [0.1, 0.15) is 5.75 Å². The van der Waals surface area contributed by atoms with Crippen LogP contribution in [-0.4, -0.2) is 16.3 Å². The molecule has 2 aromatic heterocycles. The molecule has 0 unspecified atom stereocenters. The quantitative estimate of drug-likeness (QED) is 0.428. The summed E-state index contributed by atoms with van der Waals surface area (Å²) in [5, 5.41) is 16.4. The van der Waals surface area contributed by atoms with Gasteiger partial charge in [0.2, 0.25) is 0 Å². The van der Waals surface area contributed by atoms with E-state index >= 15 is 0 Å². The predicted molar refractivity (Wildman–Crippen MR) is 96.4 cm³/mol. The van der Waals surface area contributed by atoms with Crippen LogP contribution >= 0.6 is 11.3 Å². The first-order valence-corrected chi connectivity index (χ1v) is 7.98. The summed E-state index contributed by atoms with van der Waals surface area (Å²) in [6.45, 7) is 0. The maximum Gasteiger partial charge on any atom is 0.143 e. The Hall–Kier alpha value is -2.92. The molecule has 0 radical (unpaired) electrons. The van der Waals surface area contributed by atoms with Crippen molar-refractivity contribution in [3.8, 4) is 5.75 Å². The summed E-state index contributed by atoms with van der Waals surface area (Å²) in [5.41, 5.74) is 4.71. The van der Waals surface area contributed by atoms with Crippen molar-refractivity contribution in [2.24, 2.45) is 5.10 Å². The number of para-hydroxylation sites is 1. The third-order valence-corrected chi connectivity index (χ3v) is 4.69. The lowest BCUT2D eigenvalue weighted by Crippen LogP contribution is -1.92. The van der Waals surface area contributed by atoms with Crippen molar-refractivity contribution in [3.63, 3.8) is 0 Å². The van der Waals surface area contributed by atoms with E-state index in [0.29, 0.717) is 0 Å². The molecule has 0 saturated heterocycles. The SMILES string of the molecule is Oc1c(/C=N/Nc2cccc3cccnc23)sc2ccccc12. The lowest BCUT2D eigenvalue weighted by molar-refractivity contribution is 0.483. The number of aromatic nitrogens is 1. The maximum absolute atomic E-state index is 10.2. The van der Waals surface area contributed by atoms with Gasteiger partial charge in [0.05, 0.1) is 22.3 Å². The first-order chi connectivity index (χ1) is 11.3. The van der Waals surface area contributed by atoms with E-state index in [2.05, 4.69) is 15.5 Å². The molecule has 2 N–H and O–H groups in total. The van der Waals surface area contributed by atoms with Gasteiger partial charge in [-0.05, 0) is 24.3 Å². The highest BCUT2D eigenvalue weighted by atomic mass is 32.1. The highest BCUT2D eigenvalue weighted by Gasteiger charge is 2.08. The highest BCUT2D eigenvalue weighted by molar-refractivity contribution is 7.21. The Morgan fingerprint density at radius 2 is 1.91 bits per heavy atom. The summed E-state index contributed by atoms with van der Waals surface area (Å²) in [6.07, 6.45) is 3.40. The Bertz CT molecular complexity index is 1020. The first-order valence-electron chi connectivity index (χ1n) is 7.16. The number of nitrogens with zero attached hydrogens (tertiary/aromatic N) is 2. The molecule has 112 valence electrons. The molecular formula is C18H13N3OS. The van der Waals surface area contributed by atoms with Crippen LogP contribution in [0.5, 0.6) is 5.75 Å². The van der Waals surface area contributed by atoms with Gasteiger partial charge >= 0.3 is 0 Å². The first kappa shape index (κ1) is 13.7. The number of aromatic hydroxyl groups is 1. The van der Waals surface area contributed by atoms with Gasteiger partial charge in [0, 0.05) is 21.7 Å². The smallest absolute Gasteiger partial charge is 0.143 e. The minimum absolute atomic E-state index is 0.271. The summed E-state index contributed by atoms with van der Waals surface area (Å²) < 4.78 is 1.04. The van der Waals surface area contributed by atoms with Crippen molar-refractivity contribution in [2.75, 3.05) is 5.43 Å². The summed E-state index contributed by atoms with van der Waals surface area (Å²) in [5.74, 6) is 0.271.